The fraction of sp³-hybridized carbons (Fsp3) is 0.381. The summed E-state index contributed by atoms with van der Waals surface area (Å²) in [6.45, 7) is 4.21. The third-order valence-electron chi connectivity index (χ3n) is 5.26. The molecule has 1 aliphatic rings. The number of fused-ring (bicyclic) bond motifs is 1. The summed E-state index contributed by atoms with van der Waals surface area (Å²) in [7, 11) is 3.28. The summed E-state index contributed by atoms with van der Waals surface area (Å²) in [4.78, 5) is 0. The molecule has 1 aromatic carbocycles. The lowest BCUT2D eigenvalue weighted by atomic mass is 10.0. The summed E-state index contributed by atoms with van der Waals surface area (Å²) in [5.74, 6) is 2.78. The minimum absolute atomic E-state index is 0.138. The van der Waals surface area contributed by atoms with Crippen molar-refractivity contribution in [3.8, 4) is 28.4 Å². The third-order valence-corrected chi connectivity index (χ3v) is 5.26. The molecule has 3 aromatic rings. The predicted molar refractivity (Wildman–Crippen MR) is 105 cm³/mol. The van der Waals surface area contributed by atoms with Crippen molar-refractivity contribution in [3.63, 3.8) is 0 Å². The van der Waals surface area contributed by atoms with Gasteiger partial charge in [-0.15, -0.1) is 0 Å². The number of nitrogens with one attached hydrogen (secondary N) is 1. The van der Waals surface area contributed by atoms with Crippen molar-refractivity contribution in [3.05, 3.63) is 42.7 Å². The number of hydrogen-bond acceptors (Lipinski definition) is 5. The molecule has 1 fully saturated rings. The maximum Gasteiger partial charge on any atom is 0.161 e. The molecule has 0 spiro atoms. The van der Waals surface area contributed by atoms with Crippen molar-refractivity contribution in [1.29, 1.82) is 0 Å². The van der Waals surface area contributed by atoms with Crippen LogP contribution in [0.5, 0.6) is 17.2 Å². The number of pyridine rings is 1. The third kappa shape index (κ3) is 3.45. The smallest absolute Gasteiger partial charge is 0.161 e. The molecule has 142 valence electrons. The standard InChI is InChI=1S/C21H25N3O3/c1-14(16-6-8-22-12-16)27-20-11-17(13-24-18(20)7-9-23-24)15-4-5-19(25-2)21(10-15)26-3/h4-5,7,9-11,13-14,16,22H,6,8,12H2,1-3H3/t14-,16-/m1/s1. The van der Waals surface area contributed by atoms with E-state index in [4.69, 9.17) is 14.2 Å². The van der Waals surface area contributed by atoms with Crippen LogP contribution in [0.4, 0.5) is 0 Å². The van der Waals surface area contributed by atoms with Crippen LogP contribution in [0, 0.1) is 5.92 Å². The van der Waals surface area contributed by atoms with Crippen LogP contribution in [0.3, 0.4) is 0 Å². The molecule has 1 aliphatic heterocycles. The lowest BCUT2D eigenvalue weighted by molar-refractivity contribution is 0.162. The van der Waals surface area contributed by atoms with Crippen molar-refractivity contribution in [2.75, 3.05) is 27.3 Å². The van der Waals surface area contributed by atoms with Crippen LogP contribution in [0.25, 0.3) is 16.6 Å². The monoisotopic (exact) mass is 367 g/mol. The Labute approximate surface area is 159 Å². The summed E-state index contributed by atoms with van der Waals surface area (Å²) < 4.78 is 19.0. The maximum absolute atomic E-state index is 6.38. The Morgan fingerprint density at radius 3 is 2.63 bits per heavy atom. The fourth-order valence-electron chi connectivity index (χ4n) is 3.64. The molecular weight excluding hydrogens is 342 g/mol. The Morgan fingerprint density at radius 2 is 1.89 bits per heavy atom. The molecule has 0 aliphatic carbocycles. The topological polar surface area (TPSA) is 57.0 Å². The van der Waals surface area contributed by atoms with Gasteiger partial charge >= 0.3 is 0 Å². The number of nitrogens with zero attached hydrogens (tertiary/aromatic N) is 2. The number of rotatable bonds is 6. The van der Waals surface area contributed by atoms with Crippen LogP contribution < -0.4 is 19.5 Å². The summed E-state index contributed by atoms with van der Waals surface area (Å²) in [5.41, 5.74) is 3.00. The van der Waals surface area contributed by atoms with Crippen LogP contribution in [0.15, 0.2) is 42.7 Å². The lowest BCUT2D eigenvalue weighted by Gasteiger charge is -2.21. The highest BCUT2D eigenvalue weighted by Crippen LogP contribution is 2.35. The molecule has 0 radical (unpaired) electrons. The second-order valence-electron chi connectivity index (χ2n) is 6.90. The Balaban J connectivity index is 1.72. The van der Waals surface area contributed by atoms with Gasteiger partial charge < -0.3 is 19.5 Å². The van der Waals surface area contributed by atoms with Gasteiger partial charge in [0.15, 0.2) is 11.5 Å². The average molecular weight is 367 g/mol. The van der Waals surface area contributed by atoms with Crippen molar-refractivity contribution < 1.29 is 14.2 Å². The van der Waals surface area contributed by atoms with Crippen LogP contribution in [0.1, 0.15) is 13.3 Å². The molecule has 27 heavy (non-hydrogen) atoms. The van der Waals surface area contributed by atoms with Gasteiger partial charge in [-0.05, 0) is 49.7 Å². The molecule has 2 aromatic heterocycles. The van der Waals surface area contributed by atoms with Gasteiger partial charge in [0.05, 0.1) is 20.4 Å². The van der Waals surface area contributed by atoms with E-state index in [2.05, 4.69) is 23.4 Å². The zero-order valence-corrected chi connectivity index (χ0v) is 15.9. The lowest BCUT2D eigenvalue weighted by Crippen LogP contribution is -2.25. The molecule has 6 heteroatoms. The summed E-state index contributed by atoms with van der Waals surface area (Å²) >= 11 is 0. The summed E-state index contributed by atoms with van der Waals surface area (Å²) in [6, 6.07) is 9.96. The van der Waals surface area contributed by atoms with Gasteiger partial charge in [-0.1, -0.05) is 6.07 Å². The van der Waals surface area contributed by atoms with E-state index in [0.29, 0.717) is 17.4 Å². The van der Waals surface area contributed by atoms with Gasteiger partial charge in [-0.3, -0.25) is 0 Å². The molecule has 0 amide bonds. The summed E-state index contributed by atoms with van der Waals surface area (Å²) in [5, 5.41) is 7.82. The molecule has 0 unspecified atom stereocenters. The van der Waals surface area contributed by atoms with Crippen molar-refractivity contribution in [2.45, 2.75) is 19.4 Å². The van der Waals surface area contributed by atoms with E-state index in [1.54, 1.807) is 20.4 Å². The quantitative estimate of drug-likeness (QED) is 0.724. The van der Waals surface area contributed by atoms with Crippen molar-refractivity contribution in [1.82, 2.24) is 14.9 Å². The Kier molecular flexibility index (Phi) is 4.90. The molecule has 6 nitrogen and oxygen atoms in total. The van der Waals surface area contributed by atoms with E-state index in [0.717, 1.165) is 41.9 Å². The van der Waals surface area contributed by atoms with E-state index < -0.39 is 0 Å². The molecule has 2 atom stereocenters. The van der Waals surface area contributed by atoms with Gasteiger partial charge in [-0.2, -0.15) is 5.10 Å². The van der Waals surface area contributed by atoms with E-state index in [1.165, 1.54) is 0 Å². The number of benzene rings is 1. The largest absolute Gasteiger partial charge is 0.493 e. The summed E-state index contributed by atoms with van der Waals surface area (Å²) in [6.07, 6.45) is 5.08. The SMILES string of the molecule is COc1ccc(-c2cc(O[C@H](C)[C@@H]3CCNC3)c3ccnn3c2)cc1OC. The molecule has 1 saturated heterocycles. The van der Waals surface area contributed by atoms with Crippen LogP contribution in [0.2, 0.25) is 0 Å². The molecule has 1 N–H and O–H groups in total. The van der Waals surface area contributed by atoms with Gasteiger partial charge in [0.25, 0.3) is 0 Å². The van der Waals surface area contributed by atoms with E-state index in [-0.39, 0.29) is 6.10 Å². The highest BCUT2D eigenvalue weighted by molar-refractivity contribution is 5.72. The molecule has 0 bridgehead atoms. The number of aromatic nitrogens is 2. The van der Waals surface area contributed by atoms with Crippen LogP contribution in [-0.2, 0) is 0 Å². The molecule has 0 saturated carbocycles. The van der Waals surface area contributed by atoms with Gasteiger partial charge in [0.1, 0.15) is 17.4 Å². The minimum atomic E-state index is 0.138. The molecular formula is C21H25N3O3. The van der Waals surface area contributed by atoms with E-state index in [1.807, 2.05) is 35.0 Å². The van der Waals surface area contributed by atoms with Crippen molar-refractivity contribution in [2.24, 2.45) is 5.92 Å². The first-order valence-corrected chi connectivity index (χ1v) is 9.26. The number of hydrogen-bond donors (Lipinski definition) is 1. The highest BCUT2D eigenvalue weighted by Gasteiger charge is 2.23. The van der Waals surface area contributed by atoms with Crippen LogP contribution in [-0.4, -0.2) is 43.0 Å². The second kappa shape index (κ2) is 7.48. The van der Waals surface area contributed by atoms with Gasteiger partial charge in [0, 0.05) is 24.2 Å². The minimum Gasteiger partial charge on any atom is -0.493 e. The van der Waals surface area contributed by atoms with E-state index in [9.17, 15) is 0 Å². The van der Waals surface area contributed by atoms with Gasteiger partial charge in [0.2, 0.25) is 0 Å². The Bertz CT molecular complexity index is 932. The average Bonchev–Trinajstić information content (AvgIpc) is 3.39. The van der Waals surface area contributed by atoms with Crippen LogP contribution >= 0.6 is 0 Å². The second-order valence-corrected chi connectivity index (χ2v) is 6.90. The predicted octanol–water partition coefficient (Wildman–Crippen LogP) is 3.40. The fourth-order valence-corrected chi connectivity index (χ4v) is 3.64. The maximum atomic E-state index is 6.38. The molecule has 4 rings (SSSR count). The first kappa shape index (κ1) is 17.7. The first-order valence-electron chi connectivity index (χ1n) is 9.26. The van der Waals surface area contributed by atoms with Gasteiger partial charge in [-0.25, -0.2) is 4.52 Å². The zero-order valence-electron chi connectivity index (χ0n) is 15.9. The van der Waals surface area contributed by atoms with E-state index >= 15 is 0 Å². The van der Waals surface area contributed by atoms with Crippen molar-refractivity contribution >= 4 is 5.52 Å². The highest BCUT2D eigenvalue weighted by atomic mass is 16.5. The Hall–Kier alpha value is -2.73. The number of methoxy groups -OCH3 is 2. The first-order chi connectivity index (χ1) is 13.2. The molecule has 3 heterocycles. The Morgan fingerprint density at radius 1 is 1.07 bits per heavy atom. The normalized spacial score (nSPS) is 17.8. The zero-order chi connectivity index (χ0) is 18.8. The number of ether oxygens (including phenoxy) is 3.